The SMILES string of the molecule is C#CCCC(=O)Nc1c(Cl)ncnc1Cl. The van der Waals surface area contributed by atoms with Gasteiger partial charge in [0.25, 0.3) is 0 Å². The van der Waals surface area contributed by atoms with E-state index in [2.05, 4.69) is 21.2 Å². The van der Waals surface area contributed by atoms with Gasteiger partial charge in [-0.05, 0) is 0 Å². The van der Waals surface area contributed by atoms with Crippen LogP contribution >= 0.6 is 23.2 Å². The lowest BCUT2D eigenvalue weighted by atomic mass is 10.3. The average molecular weight is 244 g/mol. The Hall–Kier alpha value is -1.31. The highest BCUT2D eigenvalue weighted by molar-refractivity contribution is 6.38. The molecule has 0 aliphatic rings. The van der Waals surface area contributed by atoms with Crippen molar-refractivity contribution in [3.63, 3.8) is 0 Å². The third kappa shape index (κ3) is 3.39. The molecular weight excluding hydrogens is 237 g/mol. The van der Waals surface area contributed by atoms with Gasteiger partial charge in [-0.3, -0.25) is 4.79 Å². The van der Waals surface area contributed by atoms with Crippen LogP contribution in [0.5, 0.6) is 0 Å². The van der Waals surface area contributed by atoms with Crippen molar-refractivity contribution >= 4 is 34.8 Å². The Morgan fingerprint density at radius 1 is 1.47 bits per heavy atom. The van der Waals surface area contributed by atoms with E-state index in [4.69, 9.17) is 29.6 Å². The number of nitrogens with one attached hydrogen (secondary N) is 1. The summed E-state index contributed by atoms with van der Waals surface area (Å²) in [7, 11) is 0. The predicted molar refractivity (Wildman–Crippen MR) is 58.7 cm³/mol. The predicted octanol–water partition coefficient (Wildman–Crippen LogP) is 2.14. The summed E-state index contributed by atoms with van der Waals surface area (Å²) >= 11 is 11.4. The Morgan fingerprint density at radius 3 is 2.60 bits per heavy atom. The number of carbonyl (C=O) groups is 1. The van der Waals surface area contributed by atoms with Crippen LogP contribution in [0.25, 0.3) is 0 Å². The number of hydrogen-bond donors (Lipinski definition) is 1. The molecule has 15 heavy (non-hydrogen) atoms. The fourth-order valence-electron chi connectivity index (χ4n) is 0.835. The Labute approximate surface area is 97.0 Å². The average Bonchev–Trinajstić information content (AvgIpc) is 2.21. The first-order valence-corrected chi connectivity index (χ1v) is 4.80. The summed E-state index contributed by atoms with van der Waals surface area (Å²) in [5, 5.41) is 2.69. The first-order chi connectivity index (χ1) is 7.15. The fourth-order valence-corrected chi connectivity index (χ4v) is 1.24. The topological polar surface area (TPSA) is 54.9 Å². The molecule has 0 spiro atoms. The highest BCUT2D eigenvalue weighted by atomic mass is 35.5. The molecule has 0 aromatic carbocycles. The van der Waals surface area contributed by atoms with E-state index in [-0.39, 0.29) is 28.3 Å². The normalized spacial score (nSPS) is 9.40. The lowest BCUT2D eigenvalue weighted by Gasteiger charge is -2.06. The van der Waals surface area contributed by atoms with Crippen molar-refractivity contribution in [2.24, 2.45) is 0 Å². The molecule has 1 aromatic rings. The summed E-state index contributed by atoms with van der Waals surface area (Å²) in [6, 6.07) is 0. The highest BCUT2D eigenvalue weighted by Gasteiger charge is 2.10. The van der Waals surface area contributed by atoms with Crippen LogP contribution in [0.1, 0.15) is 12.8 Å². The van der Waals surface area contributed by atoms with E-state index in [1.165, 1.54) is 6.33 Å². The zero-order chi connectivity index (χ0) is 11.3. The number of aromatic nitrogens is 2. The smallest absolute Gasteiger partial charge is 0.225 e. The molecule has 0 unspecified atom stereocenters. The number of halogens is 2. The van der Waals surface area contributed by atoms with Crippen LogP contribution in [-0.4, -0.2) is 15.9 Å². The van der Waals surface area contributed by atoms with E-state index >= 15 is 0 Å². The number of rotatable bonds is 3. The van der Waals surface area contributed by atoms with E-state index in [0.717, 1.165) is 0 Å². The van der Waals surface area contributed by atoms with Gasteiger partial charge in [-0.25, -0.2) is 9.97 Å². The number of anilines is 1. The molecule has 1 aromatic heterocycles. The molecule has 0 aliphatic heterocycles. The Bertz CT molecular complexity index is 394. The zero-order valence-corrected chi connectivity index (χ0v) is 9.14. The van der Waals surface area contributed by atoms with Crippen molar-refractivity contribution in [3.8, 4) is 12.3 Å². The number of nitrogens with zero attached hydrogens (tertiary/aromatic N) is 2. The van der Waals surface area contributed by atoms with E-state index in [1.807, 2.05) is 0 Å². The van der Waals surface area contributed by atoms with Crippen molar-refractivity contribution in [1.82, 2.24) is 9.97 Å². The number of hydrogen-bond acceptors (Lipinski definition) is 3. The molecule has 1 rings (SSSR count). The van der Waals surface area contributed by atoms with Gasteiger partial charge < -0.3 is 5.32 Å². The number of carbonyl (C=O) groups excluding carboxylic acids is 1. The van der Waals surface area contributed by atoms with E-state index in [1.54, 1.807) is 0 Å². The largest absolute Gasteiger partial charge is 0.321 e. The lowest BCUT2D eigenvalue weighted by Crippen LogP contribution is -2.12. The quantitative estimate of drug-likeness (QED) is 0.654. The van der Waals surface area contributed by atoms with Gasteiger partial charge in [-0.15, -0.1) is 12.3 Å². The van der Waals surface area contributed by atoms with E-state index < -0.39 is 0 Å². The monoisotopic (exact) mass is 243 g/mol. The first-order valence-electron chi connectivity index (χ1n) is 4.04. The molecule has 78 valence electrons. The summed E-state index contributed by atoms with van der Waals surface area (Å²) in [5.41, 5.74) is 0.211. The van der Waals surface area contributed by atoms with Crippen LogP contribution in [0.4, 0.5) is 5.69 Å². The summed E-state index contributed by atoms with van der Waals surface area (Å²) in [4.78, 5) is 18.7. The standard InChI is InChI=1S/C9H7Cl2N3O/c1-2-3-4-6(15)14-7-8(10)12-5-13-9(7)11/h1,5H,3-4H2,(H,14,15). The van der Waals surface area contributed by atoms with Crippen molar-refractivity contribution < 1.29 is 4.79 Å². The van der Waals surface area contributed by atoms with Gasteiger partial charge in [0.05, 0.1) is 0 Å². The van der Waals surface area contributed by atoms with Gasteiger partial charge >= 0.3 is 0 Å². The Kier molecular flexibility index (Phi) is 4.35. The molecule has 6 heteroatoms. The van der Waals surface area contributed by atoms with Gasteiger partial charge in [0.15, 0.2) is 10.3 Å². The molecule has 0 aliphatic carbocycles. The van der Waals surface area contributed by atoms with E-state index in [9.17, 15) is 4.79 Å². The van der Waals surface area contributed by atoms with Crippen molar-refractivity contribution in [2.45, 2.75) is 12.8 Å². The maximum atomic E-state index is 11.3. The molecule has 4 nitrogen and oxygen atoms in total. The maximum absolute atomic E-state index is 11.3. The molecule has 1 heterocycles. The summed E-state index contributed by atoms with van der Waals surface area (Å²) in [6.07, 6.45) is 6.80. The third-order valence-corrected chi connectivity index (χ3v) is 2.09. The Balaban J connectivity index is 2.73. The molecular formula is C9H7Cl2N3O. The van der Waals surface area contributed by atoms with Gasteiger partial charge in [-0.1, -0.05) is 23.2 Å². The lowest BCUT2D eigenvalue weighted by molar-refractivity contribution is -0.116. The molecule has 1 N–H and O–H groups in total. The molecule has 1 amide bonds. The van der Waals surface area contributed by atoms with Crippen LogP contribution in [0.15, 0.2) is 6.33 Å². The van der Waals surface area contributed by atoms with E-state index in [0.29, 0.717) is 6.42 Å². The summed E-state index contributed by atoms with van der Waals surface area (Å²) < 4.78 is 0. The molecule has 0 bridgehead atoms. The number of amides is 1. The van der Waals surface area contributed by atoms with Gasteiger partial charge in [0.1, 0.15) is 12.0 Å². The van der Waals surface area contributed by atoms with Crippen LogP contribution in [0, 0.1) is 12.3 Å². The maximum Gasteiger partial charge on any atom is 0.225 e. The van der Waals surface area contributed by atoms with Crippen LogP contribution in [0.3, 0.4) is 0 Å². The highest BCUT2D eigenvalue weighted by Crippen LogP contribution is 2.25. The molecule has 0 saturated carbocycles. The van der Waals surface area contributed by atoms with Crippen molar-refractivity contribution in [1.29, 1.82) is 0 Å². The molecule has 0 saturated heterocycles. The minimum absolute atomic E-state index is 0.101. The minimum Gasteiger partial charge on any atom is -0.321 e. The number of terminal acetylenes is 1. The molecule has 0 fully saturated rings. The second kappa shape index (κ2) is 5.54. The van der Waals surface area contributed by atoms with Crippen LogP contribution < -0.4 is 5.32 Å². The fraction of sp³-hybridized carbons (Fsp3) is 0.222. The van der Waals surface area contributed by atoms with Crippen molar-refractivity contribution in [3.05, 3.63) is 16.6 Å². The summed E-state index contributed by atoms with van der Waals surface area (Å²) in [6.45, 7) is 0. The van der Waals surface area contributed by atoms with Gasteiger partial charge in [-0.2, -0.15) is 0 Å². The summed E-state index contributed by atoms with van der Waals surface area (Å²) in [5.74, 6) is 2.08. The molecule has 0 radical (unpaired) electrons. The minimum atomic E-state index is -0.272. The third-order valence-electron chi connectivity index (χ3n) is 1.52. The zero-order valence-electron chi connectivity index (χ0n) is 7.63. The second-order valence-corrected chi connectivity index (χ2v) is 3.30. The molecule has 0 atom stereocenters. The van der Waals surface area contributed by atoms with Crippen molar-refractivity contribution in [2.75, 3.05) is 5.32 Å². The van der Waals surface area contributed by atoms with Crippen LogP contribution in [0.2, 0.25) is 10.3 Å². The van der Waals surface area contributed by atoms with Gasteiger partial charge in [0, 0.05) is 12.8 Å². The van der Waals surface area contributed by atoms with Crippen LogP contribution in [-0.2, 0) is 4.79 Å². The van der Waals surface area contributed by atoms with Gasteiger partial charge in [0.2, 0.25) is 5.91 Å². The first kappa shape index (κ1) is 11.8. The Morgan fingerprint density at radius 2 is 2.07 bits per heavy atom. The second-order valence-electron chi connectivity index (χ2n) is 2.58.